The molecule has 0 rings (SSSR count). The lowest BCUT2D eigenvalue weighted by atomic mass is 9.99. The first-order valence-corrected chi connectivity index (χ1v) is 23.4. The SMILES string of the molecule is CCCCCCCCCCCCC(=O)O[C@@H](COC(=O)CCCCCCCCC)COC(=O)CCCCCCCCCCCCCCCCC(C)CC. The summed E-state index contributed by atoms with van der Waals surface area (Å²) in [5, 5.41) is 0. The first-order valence-electron chi connectivity index (χ1n) is 23.4. The molecule has 0 aliphatic heterocycles. The van der Waals surface area contributed by atoms with Crippen LogP contribution in [0.4, 0.5) is 0 Å². The van der Waals surface area contributed by atoms with Crippen molar-refractivity contribution in [2.24, 2.45) is 5.92 Å². The highest BCUT2D eigenvalue weighted by Gasteiger charge is 2.19. The Bertz CT molecular complexity index is 798. The molecule has 0 aromatic rings. The summed E-state index contributed by atoms with van der Waals surface area (Å²) in [6, 6.07) is 0. The lowest BCUT2D eigenvalue weighted by molar-refractivity contribution is -0.167. The highest BCUT2D eigenvalue weighted by atomic mass is 16.6. The van der Waals surface area contributed by atoms with Crippen LogP contribution in [-0.4, -0.2) is 37.2 Å². The maximum Gasteiger partial charge on any atom is 0.306 e. The summed E-state index contributed by atoms with van der Waals surface area (Å²) in [6.07, 6.45) is 40.9. The zero-order chi connectivity index (χ0) is 38.9. The van der Waals surface area contributed by atoms with Crippen LogP contribution in [0.2, 0.25) is 0 Å². The fraction of sp³-hybridized carbons (Fsp3) is 0.936. The maximum absolute atomic E-state index is 12.6. The van der Waals surface area contributed by atoms with E-state index in [4.69, 9.17) is 14.2 Å². The van der Waals surface area contributed by atoms with Gasteiger partial charge in [0.1, 0.15) is 13.2 Å². The largest absolute Gasteiger partial charge is 0.462 e. The topological polar surface area (TPSA) is 78.9 Å². The first kappa shape index (κ1) is 51.4. The molecule has 6 heteroatoms. The van der Waals surface area contributed by atoms with Gasteiger partial charge in [-0.2, -0.15) is 0 Å². The average Bonchev–Trinajstić information content (AvgIpc) is 3.15. The molecular formula is C47H90O6. The molecule has 6 nitrogen and oxygen atoms in total. The van der Waals surface area contributed by atoms with Crippen molar-refractivity contribution in [3.05, 3.63) is 0 Å². The van der Waals surface area contributed by atoms with Crippen molar-refractivity contribution in [2.45, 2.75) is 265 Å². The summed E-state index contributed by atoms with van der Waals surface area (Å²) in [7, 11) is 0. The molecule has 0 aliphatic carbocycles. The molecule has 0 spiro atoms. The summed E-state index contributed by atoms with van der Waals surface area (Å²) in [6.45, 7) is 8.99. The van der Waals surface area contributed by atoms with Gasteiger partial charge in [-0.1, -0.05) is 220 Å². The van der Waals surface area contributed by atoms with Crippen LogP contribution in [0.1, 0.15) is 259 Å². The van der Waals surface area contributed by atoms with Crippen LogP contribution < -0.4 is 0 Å². The fourth-order valence-electron chi connectivity index (χ4n) is 6.95. The monoisotopic (exact) mass is 751 g/mol. The molecule has 314 valence electrons. The van der Waals surface area contributed by atoms with Crippen molar-refractivity contribution in [3.8, 4) is 0 Å². The normalized spacial score (nSPS) is 12.5. The van der Waals surface area contributed by atoms with E-state index in [1.54, 1.807) is 0 Å². The second-order valence-electron chi connectivity index (χ2n) is 16.3. The van der Waals surface area contributed by atoms with E-state index in [9.17, 15) is 14.4 Å². The molecule has 1 unspecified atom stereocenters. The number of rotatable bonds is 42. The molecule has 2 atom stereocenters. The van der Waals surface area contributed by atoms with E-state index in [1.165, 1.54) is 154 Å². The number of hydrogen-bond acceptors (Lipinski definition) is 6. The van der Waals surface area contributed by atoms with Gasteiger partial charge in [0.2, 0.25) is 0 Å². The molecule has 0 heterocycles. The summed E-state index contributed by atoms with van der Waals surface area (Å²) in [5.41, 5.74) is 0. The van der Waals surface area contributed by atoms with Crippen LogP contribution in [0.5, 0.6) is 0 Å². The quantitative estimate of drug-likeness (QED) is 0.0351. The van der Waals surface area contributed by atoms with Gasteiger partial charge >= 0.3 is 17.9 Å². The lowest BCUT2D eigenvalue weighted by Gasteiger charge is -2.18. The molecule has 0 saturated heterocycles. The van der Waals surface area contributed by atoms with Crippen LogP contribution in [0.15, 0.2) is 0 Å². The minimum atomic E-state index is -0.757. The van der Waals surface area contributed by atoms with Crippen LogP contribution in [0.3, 0.4) is 0 Å². The van der Waals surface area contributed by atoms with Crippen molar-refractivity contribution < 1.29 is 28.6 Å². The fourth-order valence-corrected chi connectivity index (χ4v) is 6.95. The van der Waals surface area contributed by atoms with Crippen molar-refractivity contribution in [1.29, 1.82) is 0 Å². The molecule has 0 radical (unpaired) electrons. The third-order valence-electron chi connectivity index (χ3n) is 10.9. The Morgan fingerprint density at radius 1 is 0.377 bits per heavy atom. The predicted molar refractivity (Wildman–Crippen MR) is 224 cm³/mol. The molecule has 53 heavy (non-hydrogen) atoms. The van der Waals surface area contributed by atoms with E-state index in [0.717, 1.165) is 63.7 Å². The zero-order valence-electron chi connectivity index (χ0n) is 36.0. The van der Waals surface area contributed by atoms with Crippen molar-refractivity contribution in [1.82, 2.24) is 0 Å². The van der Waals surface area contributed by atoms with Crippen LogP contribution >= 0.6 is 0 Å². The summed E-state index contributed by atoms with van der Waals surface area (Å²) in [4.78, 5) is 37.6. The summed E-state index contributed by atoms with van der Waals surface area (Å²) >= 11 is 0. The standard InChI is InChI=1S/C47H90O6/c1-5-8-10-12-14-15-23-28-32-36-40-47(50)53-44(41-51-45(48)38-34-30-25-13-11-9-6-2)42-52-46(49)39-35-31-27-24-21-19-17-16-18-20-22-26-29-33-37-43(4)7-3/h43-44H,5-42H2,1-4H3/t43?,44-/m0/s1. The maximum atomic E-state index is 12.6. The molecule has 0 aromatic carbocycles. The highest BCUT2D eigenvalue weighted by molar-refractivity contribution is 5.71. The van der Waals surface area contributed by atoms with E-state index in [2.05, 4.69) is 27.7 Å². The molecule has 0 fully saturated rings. The minimum Gasteiger partial charge on any atom is -0.462 e. The smallest absolute Gasteiger partial charge is 0.306 e. The molecular weight excluding hydrogens is 661 g/mol. The van der Waals surface area contributed by atoms with E-state index >= 15 is 0 Å². The Kier molecular flexibility index (Phi) is 40.3. The van der Waals surface area contributed by atoms with E-state index in [-0.39, 0.29) is 31.1 Å². The van der Waals surface area contributed by atoms with Gasteiger partial charge in [0.05, 0.1) is 0 Å². The Morgan fingerprint density at radius 2 is 0.660 bits per heavy atom. The zero-order valence-corrected chi connectivity index (χ0v) is 36.0. The Balaban J connectivity index is 4.18. The Hall–Kier alpha value is -1.59. The average molecular weight is 751 g/mol. The van der Waals surface area contributed by atoms with Gasteiger partial charge in [0, 0.05) is 19.3 Å². The summed E-state index contributed by atoms with van der Waals surface area (Å²) in [5.74, 6) is 0.0356. The van der Waals surface area contributed by atoms with Gasteiger partial charge in [-0.05, 0) is 25.2 Å². The molecule has 0 amide bonds. The molecule has 0 N–H and O–H groups in total. The predicted octanol–water partition coefficient (Wildman–Crippen LogP) is 14.7. The number of ether oxygens (including phenoxy) is 3. The van der Waals surface area contributed by atoms with Crippen LogP contribution in [-0.2, 0) is 28.6 Å². The van der Waals surface area contributed by atoms with Crippen molar-refractivity contribution in [2.75, 3.05) is 13.2 Å². The van der Waals surface area contributed by atoms with E-state index in [1.807, 2.05) is 0 Å². The van der Waals surface area contributed by atoms with Crippen molar-refractivity contribution in [3.63, 3.8) is 0 Å². The first-order chi connectivity index (χ1) is 25.9. The lowest BCUT2D eigenvalue weighted by Crippen LogP contribution is -2.30. The van der Waals surface area contributed by atoms with Gasteiger partial charge in [0.15, 0.2) is 6.10 Å². The Labute approximate surface area is 329 Å². The van der Waals surface area contributed by atoms with Gasteiger partial charge < -0.3 is 14.2 Å². The van der Waals surface area contributed by atoms with Gasteiger partial charge in [-0.25, -0.2) is 0 Å². The third-order valence-corrected chi connectivity index (χ3v) is 10.9. The number of carbonyl (C=O) groups excluding carboxylic acids is 3. The van der Waals surface area contributed by atoms with Crippen molar-refractivity contribution >= 4 is 17.9 Å². The Morgan fingerprint density at radius 3 is 0.981 bits per heavy atom. The van der Waals surface area contributed by atoms with Gasteiger partial charge in [0.25, 0.3) is 0 Å². The summed E-state index contributed by atoms with van der Waals surface area (Å²) < 4.78 is 16.7. The van der Waals surface area contributed by atoms with Crippen LogP contribution in [0, 0.1) is 5.92 Å². The minimum absolute atomic E-state index is 0.0639. The molecule has 0 aliphatic rings. The number of esters is 3. The second kappa shape index (κ2) is 41.6. The third kappa shape index (κ3) is 39.9. The molecule has 0 saturated carbocycles. The highest BCUT2D eigenvalue weighted by Crippen LogP contribution is 2.17. The van der Waals surface area contributed by atoms with E-state index in [0.29, 0.717) is 19.3 Å². The number of carbonyl (C=O) groups is 3. The van der Waals surface area contributed by atoms with Gasteiger partial charge in [-0.15, -0.1) is 0 Å². The second-order valence-corrected chi connectivity index (χ2v) is 16.3. The van der Waals surface area contributed by atoms with Crippen LogP contribution in [0.25, 0.3) is 0 Å². The van der Waals surface area contributed by atoms with E-state index < -0.39 is 6.10 Å². The number of hydrogen-bond donors (Lipinski definition) is 0. The molecule has 0 bridgehead atoms. The van der Waals surface area contributed by atoms with Gasteiger partial charge in [-0.3, -0.25) is 14.4 Å². The number of unbranched alkanes of at least 4 members (excludes halogenated alkanes) is 28. The molecule has 0 aromatic heterocycles.